The first-order valence-corrected chi connectivity index (χ1v) is 6.69. The molecule has 3 nitrogen and oxygen atoms in total. The van der Waals surface area contributed by atoms with Crippen molar-refractivity contribution in [1.82, 2.24) is 4.90 Å². The number of carbonyl (C=O) groups is 1. The number of likely N-dealkylation sites (tertiary alicyclic amines) is 1. The monoisotopic (exact) mass is 225 g/mol. The smallest absolute Gasteiger partial charge is 0.134 e. The molecule has 1 aliphatic carbocycles. The van der Waals surface area contributed by atoms with Crippen molar-refractivity contribution in [3.63, 3.8) is 0 Å². The second-order valence-electron chi connectivity index (χ2n) is 5.19. The summed E-state index contributed by atoms with van der Waals surface area (Å²) in [6.45, 7) is 1.41. The van der Waals surface area contributed by atoms with Crippen molar-refractivity contribution in [3.8, 4) is 0 Å². The predicted molar refractivity (Wildman–Crippen MR) is 63.3 cm³/mol. The number of rotatable bonds is 3. The van der Waals surface area contributed by atoms with Gasteiger partial charge in [0.05, 0.1) is 0 Å². The Balaban J connectivity index is 1.95. The molecule has 92 valence electrons. The summed E-state index contributed by atoms with van der Waals surface area (Å²) in [5.74, 6) is 0.435. The Hall–Kier alpha value is -0.410. The Kier molecular flexibility index (Phi) is 4.36. The van der Waals surface area contributed by atoms with Gasteiger partial charge in [-0.3, -0.25) is 9.69 Å². The van der Waals surface area contributed by atoms with Crippen LogP contribution in [-0.2, 0) is 4.79 Å². The van der Waals surface area contributed by atoms with Crippen LogP contribution in [-0.4, -0.2) is 41.0 Å². The van der Waals surface area contributed by atoms with Crippen LogP contribution in [0.2, 0.25) is 0 Å². The van der Waals surface area contributed by atoms with E-state index in [0.717, 1.165) is 32.2 Å². The fourth-order valence-electron chi connectivity index (χ4n) is 3.25. The van der Waals surface area contributed by atoms with Crippen LogP contribution in [0.4, 0.5) is 0 Å². The van der Waals surface area contributed by atoms with Crippen molar-refractivity contribution in [2.75, 3.05) is 13.2 Å². The van der Waals surface area contributed by atoms with Crippen LogP contribution >= 0.6 is 0 Å². The van der Waals surface area contributed by atoms with E-state index >= 15 is 0 Å². The molecule has 0 radical (unpaired) electrons. The van der Waals surface area contributed by atoms with Gasteiger partial charge in [0.15, 0.2) is 0 Å². The lowest BCUT2D eigenvalue weighted by Gasteiger charge is -2.42. The lowest BCUT2D eigenvalue weighted by Crippen LogP contribution is -2.48. The van der Waals surface area contributed by atoms with Crippen molar-refractivity contribution in [1.29, 1.82) is 0 Å². The van der Waals surface area contributed by atoms with E-state index in [0.29, 0.717) is 17.9 Å². The molecule has 1 aliphatic heterocycles. The maximum absolute atomic E-state index is 11.5. The number of hydrogen-bond acceptors (Lipinski definition) is 3. The standard InChI is InChI=1S/C13H23NO2/c15-9-7-11-4-1-2-8-14(11)12-5-3-6-13(16)10-12/h11-12,15H,1-10H2. The summed E-state index contributed by atoms with van der Waals surface area (Å²) in [5, 5.41) is 9.09. The zero-order valence-electron chi connectivity index (χ0n) is 10.0. The summed E-state index contributed by atoms with van der Waals surface area (Å²) >= 11 is 0. The van der Waals surface area contributed by atoms with Crippen LogP contribution in [0.1, 0.15) is 51.4 Å². The molecular weight excluding hydrogens is 202 g/mol. The third kappa shape index (κ3) is 2.83. The summed E-state index contributed by atoms with van der Waals surface area (Å²) in [5.41, 5.74) is 0. The molecule has 0 bridgehead atoms. The molecule has 1 heterocycles. The summed E-state index contributed by atoms with van der Waals surface area (Å²) < 4.78 is 0. The Morgan fingerprint density at radius 2 is 2.12 bits per heavy atom. The molecule has 0 aromatic rings. The molecule has 1 saturated heterocycles. The molecule has 2 fully saturated rings. The summed E-state index contributed by atoms with van der Waals surface area (Å²) in [6.07, 6.45) is 8.39. The van der Waals surface area contributed by atoms with Crippen LogP contribution in [0.15, 0.2) is 0 Å². The van der Waals surface area contributed by atoms with Crippen molar-refractivity contribution < 1.29 is 9.90 Å². The number of ketones is 1. The number of aliphatic hydroxyl groups is 1. The van der Waals surface area contributed by atoms with Crippen LogP contribution in [0.25, 0.3) is 0 Å². The molecule has 0 amide bonds. The van der Waals surface area contributed by atoms with E-state index in [2.05, 4.69) is 4.90 Å². The summed E-state index contributed by atoms with van der Waals surface area (Å²) in [6, 6.07) is 0.993. The Morgan fingerprint density at radius 1 is 1.25 bits per heavy atom. The molecule has 0 spiro atoms. The first kappa shape index (κ1) is 12.1. The van der Waals surface area contributed by atoms with Crippen molar-refractivity contribution in [2.24, 2.45) is 0 Å². The van der Waals surface area contributed by atoms with Gasteiger partial charge in [0.1, 0.15) is 5.78 Å². The number of carbonyl (C=O) groups excluding carboxylic acids is 1. The average Bonchev–Trinajstić information content (AvgIpc) is 2.30. The Morgan fingerprint density at radius 3 is 2.88 bits per heavy atom. The third-order valence-corrected chi connectivity index (χ3v) is 4.06. The highest BCUT2D eigenvalue weighted by atomic mass is 16.3. The lowest BCUT2D eigenvalue weighted by molar-refractivity contribution is -0.122. The normalized spacial score (nSPS) is 32.9. The maximum Gasteiger partial charge on any atom is 0.134 e. The topological polar surface area (TPSA) is 40.5 Å². The molecule has 2 rings (SSSR count). The zero-order valence-corrected chi connectivity index (χ0v) is 10.0. The van der Waals surface area contributed by atoms with E-state index in [-0.39, 0.29) is 6.61 Å². The number of Topliss-reactive ketones (excluding diaryl/α,β-unsaturated/α-hetero) is 1. The number of piperidine rings is 1. The first-order valence-electron chi connectivity index (χ1n) is 6.69. The van der Waals surface area contributed by atoms with Gasteiger partial charge in [0.2, 0.25) is 0 Å². The maximum atomic E-state index is 11.5. The first-order chi connectivity index (χ1) is 7.81. The average molecular weight is 225 g/mol. The fourth-order valence-corrected chi connectivity index (χ4v) is 3.25. The largest absolute Gasteiger partial charge is 0.396 e. The third-order valence-electron chi connectivity index (χ3n) is 4.06. The molecule has 0 aromatic carbocycles. The Bertz CT molecular complexity index is 240. The van der Waals surface area contributed by atoms with E-state index in [4.69, 9.17) is 5.11 Å². The SMILES string of the molecule is O=C1CCCC(N2CCCCC2CCO)C1. The van der Waals surface area contributed by atoms with Gasteiger partial charge in [0, 0.05) is 31.5 Å². The number of nitrogens with zero attached hydrogens (tertiary/aromatic N) is 1. The summed E-state index contributed by atoms with van der Waals surface area (Å²) in [7, 11) is 0. The second kappa shape index (κ2) is 5.78. The predicted octanol–water partition coefficient (Wildman–Crippen LogP) is 1.73. The molecule has 1 N–H and O–H groups in total. The van der Waals surface area contributed by atoms with Crippen LogP contribution in [0.5, 0.6) is 0 Å². The quantitative estimate of drug-likeness (QED) is 0.795. The molecule has 2 aliphatic rings. The van der Waals surface area contributed by atoms with Gasteiger partial charge in [-0.2, -0.15) is 0 Å². The van der Waals surface area contributed by atoms with E-state index in [1.807, 2.05) is 0 Å². The molecular formula is C13H23NO2. The Labute approximate surface area is 97.8 Å². The highest BCUT2D eigenvalue weighted by molar-refractivity contribution is 5.79. The van der Waals surface area contributed by atoms with Gasteiger partial charge in [-0.15, -0.1) is 0 Å². The number of aliphatic hydroxyl groups excluding tert-OH is 1. The minimum Gasteiger partial charge on any atom is -0.396 e. The van der Waals surface area contributed by atoms with Crippen molar-refractivity contribution in [3.05, 3.63) is 0 Å². The van der Waals surface area contributed by atoms with Crippen LogP contribution in [0, 0.1) is 0 Å². The number of hydrogen-bond donors (Lipinski definition) is 1. The fraction of sp³-hybridized carbons (Fsp3) is 0.923. The van der Waals surface area contributed by atoms with Gasteiger partial charge in [-0.1, -0.05) is 6.42 Å². The van der Waals surface area contributed by atoms with Gasteiger partial charge in [-0.25, -0.2) is 0 Å². The highest BCUT2D eigenvalue weighted by Crippen LogP contribution is 2.28. The van der Waals surface area contributed by atoms with E-state index in [1.165, 1.54) is 25.7 Å². The van der Waals surface area contributed by atoms with Gasteiger partial charge in [0.25, 0.3) is 0 Å². The van der Waals surface area contributed by atoms with Crippen LogP contribution < -0.4 is 0 Å². The molecule has 0 aromatic heterocycles. The molecule has 2 unspecified atom stereocenters. The minimum atomic E-state index is 0.280. The lowest BCUT2D eigenvalue weighted by atomic mass is 9.89. The second-order valence-corrected chi connectivity index (χ2v) is 5.19. The molecule has 16 heavy (non-hydrogen) atoms. The minimum absolute atomic E-state index is 0.280. The van der Waals surface area contributed by atoms with E-state index < -0.39 is 0 Å². The van der Waals surface area contributed by atoms with Crippen molar-refractivity contribution >= 4 is 5.78 Å². The molecule has 1 saturated carbocycles. The van der Waals surface area contributed by atoms with Crippen LogP contribution in [0.3, 0.4) is 0 Å². The summed E-state index contributed by atoms with van der Waals surface area (Å²) in [4.78, 5) is 14.0. The molecule has 2 atom stereocenters. The van der Waals surface area contributed by atoms with E-state index in [1.54, 1.807) is 0 Å². The van der Waals surface area contributed by atoms with Crippen molar-refractivity contribution in [2.45, 2.75) is 63.5 Å². The van der Waals surface area contributed by atoms with Gasteiger partial charge in [-0.05, 0) is 38.6 Å². The van der Waals surface area contributed by atoms with Gasteiger partial charge < -0.3 is 5.11 Å². The molecule has 3 heteroatoms. The van der Waals surface area contributed by atoms with Gasteiger partial charge >= 0.3 is 0 Å². The van der Waals surface area contributed by atoms with E-state index in [9.17, 15) is 4.79 Å². The highest BCUT2D eigenvalue weighted by Gasteiger charge is 2.31. The zero-order chi connectivity index (χ0) is 11.4.